The number of carbonyl (C=O) groups is 3. The fraction of sp³-hybridized carbons (Fsp3) is 0.341. The number of nitrogens with one attached hydrogen (secondary N) is 1. The summed E-state index contributed by atoms with van der Waals surface area (Å²) in [4.78, 5) is 39.8. The van der Waals surface area contributed by atoms with Crippen LogP contribution in [0.4, 0.5) is 10.1 Å². The number of ether oxygens (including phenoxy) is 3. The molecule has 1 heterocycles. The summed E-state index contributed by atoms with van der Waals surface area (Å²) in [5, 5.41) is 19.9. The highest BCUT2D eigenvalue weighted by atomic mass is 32.2. The van der Waals surface area contributed by atoms with Crippen LogP contribution in [0.1, 0.15) is 73.1 Å². The Kier molecular flexibility index (Phi) is 14.8. The minimum atomic E-state index is -3.30. The lowest BCUT2D eigenvalue weighted by Gasteiger charge is -2.48. The van der Waals surface area contributed by atoms with Gasteiger partial charge in [0, 0.05) is 37.2 Å². The summed E-state index contributed by atoms with van der Waals surface area (Å²) in [6, 6.07) is 27.2. The van der Waals surface area contributed by atoms with Crippen molar-refractivity contribution in [1.82, 2.24) is 4.72 Å². The summed E-state index contributed by atoms with van der Waals surface area (Å²) < 4.78 is 56.5. The van der Waals surface area contributed by atoms with Crippen molar-refractivity contribution in [2.75, 3.05) is 30.9 Å². The van der Waals surface area contributed by atoms with Gasteiger partial charge in [-0.2, -0.15) is 0 Å². The second kappa shape index (κ2) is 19.7. The van der Waals surface area contributed by atoms with E-state index in [1.165, 1.54) is 19.1 Å². The molecule has 1 saturated heterocycles. The molecule has 1 fully saturated rings. The van der Waals surface area contributed by atoms with E-state index in [1.54, 1.807) is 35.2 Å². The van der Waals surface area contributed by atoms with Crippen LogP contribution in [0.15, 0.2) is 97.1 Å². The van der Waals surface area contributed by atoms with Crippen molar-refractivity contribution in [1.29, 1.82) is 0 Å². The number of amides is 1. The SMILES string of the molecule is CC(=O)O[C@@H](CC[C@H]1C(=O)N(c2ccc(CCCNS(C)(=O)=O)cc2)[C@@H]1c1ccc(C#CC(CO)(CO)OC(C)=O)cc1OCc1ccccc1)c1ccc(F)cc1. The maximum atomic E-state index is 14.2. The summed E-state index contributed by atoms with van der Waals surface area (Å²) in [5.74, 6) is 3.53. The smallest absolute Gasteiger partial charge is 0.304 e. The van der Waals surface area contributed by atoms with Crippen LogP contribution in [0.25, 0.3) is 0 Å². The zero-order valence-corrected chi connectivity index (χ0v) is 33.3. The van der Waals surface area contributed by atoms with E-state index in [9.17, 15) is 37.4 Å². The summed E-state index contributed by atoms with van der Waals surface area (Å²) in [6.45, 7) is 1.42. The number of β-lactam (4-membered cyclic amide) rings is 1. The molecule has 12 nitrogen and oxygen atoms in total. The van der Waals surface area contributed by atoms with Crippen LogP contribution in [0, 0.1) is 23.6 Å². The predicted octanol–water partition coefficient (Wildman–Crippen LogP) is 5.31. The Morgan fingerprint density at radius 1 is 0.931 bits per heavy atom. The zero-order chi connectivity index (χ0) is 41.9. The molecule has 1 aliphatic heterocycles. The number of aryl methyl sites for hydroxylation is 1. The van der Waals surface area contributed by atoms with Gasteiger partial charge in [-0.25, -0.2) is 17.5 Å². The number of carbonyl (C=O) groups excluding carboxylic acids is 3. The minimum absolute atomic E-state index is 0.169. The van der Waals surface area contributed by atoms with Gasteiger partial charge in [-0.1, -0.05) is 66.6 Å². The highest BCUT2D eigenvalue weighted by Gasteiger charge is 2.50. The van der Waals surface area contributed by atoms with Gasteiger partial charge in [0.2, 0.25) is 21.5 Å². The van der Waals surface area contributed by atoms with Crippen LogP contribution < -0.4 is 14.4 Å². The van der Waals surface area contributed by atoms with Gasteiger partial charge in [0.15, 0.2) is 0 Å². The van der Waals surface area contributed by atoms with E-state index in [4.69, 9.17) is 14.2 Å². The molecule has 5 rings (SSSR count). The average molecular weight is 815 g/mol. The lowest BCUT2D eigenvalue weighted by molar-refractivity contribution is -0.158. The van der Waals surface area contributed by atoms with Crippen LogP contribution in [0.5, 0.6) is 5.75 Å². The van der Waals surface area contributed by atoms with E-state index in [0.717, 1.165) is 24.3 Å². The summed E-state index contributed by atoms with van der Waals surface area (Å²) in [7, 11) is -3.30. The molecule has 0 bridgehead atoms. The first kappa shape index (κ1) is 43.5. The second-order valence-corrected chi connectivity index (χ2v) is 15.9. The predicted molar refractivity (Wildman–Crippen MR) is 214 cm³/mol. The van der Waals surface area contributed by atoms with Crippen LogP contribution in [-0.2, 0) is 46.9 Å². The summed E-state index contributed by atoms with van der Waals surface area (Å²) >= 11 is 0. The van der Waals surface area contributed by atoms with Crippen molar-refractivity contribution >= 4 is 33.6 Å². The molecule has 0 spiro atoms. The van der Waals surface area contributed by atoms with E-state index in [1.807, 2.05) is 54.6 Å². The molecule has 1 amide bonds. The third-order valence-electron chi connectivity index (χ3n) is 9.58. The van der Waals surface area contributed by atoms with Gasteiger partial charge in [0.25, 0.3) is 0 Å². The minimum Gasteiger partial charge on any atom is -0.488 e. The Morgan fingerprint density at radius 3 is 2.24 bits per heavy atom. The topological polar surface area (TPSA) is 169 Å². The van der Waals surface area contributed by atoms with Gasteiger partial charge in [-0.05, 0) is 84.7 Å². The van der Waals surface area contributed by atoms with E-state index < -0.39 is 64.7 Å². The molecule has 3 atom stereocenters. The van der Waals surface area contributed by atoms with Crippen molar-refractivity contribution in [2.45, 2.75) is 63.9 Å². The number of hydrogen-bond donors (Lipinski definition) is 3. The normalized spacial score (nSPS) is 15.8. The van der Waals surface area contributed by atoms with Crippen LogP contribution in [0.3, 0.4) is 0 Å². The molecule has 0 aromatic heterocycles. The molecule has 14 heteroatoms. The Balaban J connectivity index is 1.52. The standard InChI is InChI=1S/C44H47FN2O10S/c1-30(50)56-40(35-14-16-36(45)17-15-35)22-21-39-42(47(43(39)52)37-18-11-32(12-19-37)10-7-25-46-58(3,53)54)38-20-13-33(23-24-44(28-48,29-49)57-31(2)51)26-41(38)55-27-34-8-5-4-6-9-34/h4-6,8-9,11-20,26,39-40,42,46,48-49H,7,10,21-22,25,27-29H2,1-3H3/t39-,40+,42-/m1/s1. The molecule has 0 unspecified atom stereocenters. The Hall–Kier alpha value is -5.59. The van der Waals surface area contributed by atoms with E-state index >= 15 is 0 Å². The van der Waals surface area contributed by atoms with Crippen LogP contribution in [0.2, 0.25) is 0 Å². The number of halogens is 1. The number of anilines is 1. The van der Waals surface area contributed by atoms with Crippen molar-refractivity contribution in [2.24, 2.45) is 5.92 Å². The zero-order valence-electron chi connectivity index (χ0n) is 32.5. The van der Waals surface area contributed by atoms with Gasteiger partial charge < -0.3 is 29.3 Å². The molecule has 306 valence electrons. The summed E-state index contributed by atoms with van der Waals surface area (Å²) in [6.07, 6.45) is 2.11. The van der Waals surface area contributed by atoms with E-state index in [-0.39, 0.29) is 25.5 Å². The van der Waals surface area contributed by atoms with Crippen molar-refractivity contribution in [3.05, 3.63) is 131 Å². The number of benzene rings is 4. The fourth-order valence-electron chi connectivity index (χ4n) is 6.75. The molecule has 58 heavy (non-hydrogen) atoms. The molecule has 4 aromatic carbocycles. The van der Waals surface area contributed by atoms with Crippen LogP contribution >= 0.6 is 0 Å². The average Bonchev–Trinajstić information content (AvgIpc) is 3.19. The third-order valence-corrected chi connectivity index (χ3v) is 10.3. The van der Waals surface area contributed by atoms with E-state index in [0.29, 0.717) is 47.4 Å². The number of sulfonamides is 1. The van der Waals surface area contributed by atoms with Crippen molar-refractivity contribution < 1.29 is 51.6 Å². The molecular formula is C44H47FN2O10S. The van der Waals surface area contributed by atoms with E-state index in [2.05, 4.69) is 16.6 Å². The Bertz CT molecular complexity index is 2220. The number of hydrogen-bond acceptors (Lipinski definition) is 10. The second-order valence-electron chi connectivity index (χ2n) is 14.1. The molecular weight excluding hydrogens is 768 g/mol. The molecule has 0 radical (unpaired) electrons. The van der Waals surface area contributed by atoms with Gasteiger partial charge in [-0.3, -0.25) is 14.4 Å². The lowest BCUT2D eigenvalue weighted by atomic mass is 9.77. The Morgan fingerprint density at radius 2 is 1.62 bits per heavy atom. The van der Waals surface area contributed by atoms with Crippen molar-refractivity contribution in [3.63, 3.8) is 0 Å². The summed E-state index contributed by atoms with van der Waals surface area (Å²) in [5.41, 5.74) is 2.27. The number of aliphatic hydroxyl groups excluding tert-OH is 2. The number of nitrogens with zero attached hydrogens (tertiary/aromatic N) is 1. The number of rotatable bonds is 18. The number of esters is 2. The first-order valence-electron chi connectivity index (χ1n) is 18.8. The first-order chi connectivity index (χ1) is 27.7. The largest absolute Gasteiger partial charge is 0.488 e. The van der Waals surface area contributed by atoms with Gasteiger partial charge in [0.05, 0.1) is 31.4 Å². The van der Waals surface area contributed by atoms with Gasteiger partial charge in [-0.15, -0.1) is 0 Å². The molecule has 0 saturated carbocycles. The maximum absolute atomic E-state index is 14.2. The van der Waals surface area contributed by atoms with Gasteiger partial charge in [0.1, 0.15) is 24.3 Å². The first-order valence-corrected chi connectivity index (χ1v) is 20.6. The molecule has 1 aliphatic rings. The highest BCUT2D eigenvalue weighted by Crippen LogP contribution is 2.49. The highest BCUT2D eigenvalue weighted by molar-refractivity contribution is 7.88. The van der Waals surface area contributed by atoms with Crippen molar-refractivity contribution in [3.8, 4) is 17.6 Å². The third kappa shape index (κ3) is 11.7. The molecule has 3 N–H and O–H groups in total. The Labute approximate surface area is 338 Å². The number of aliphatic hydroxyl groups is 2. The lowest BCUT2D eigenvalue weighted by Crippen LogP contribution is -2.55. The fourth-order valence-corrected chi connectivity index (χ4v) is 7.26. The maximum Gasteiger partial charge on any atom is 0.304 e. The molecule has 4 aromatic rings. The van der Waals surface area contributed by atoms with Gasteiger partial charge >= 0.3 is 11.9 Å². The van der Waals surface area contributed by atoms with Crippen LogP contribution in [-0.4, -0.2) is 68.1 Å². The quantitative estimate of drug-likeness (QED) is 0.0518. The monoisotopic (exact) mass is 814 g/mol. The molecule has 0 aliphatic carbocycles.